The van der Waals surface area contributed by atoms with Gasteiger partial charge >= 0.3 is 0 Å². The number of ketones is 1. The summed E-state index contributed by atoms with van der Waals surface area (Å²) in [5, 5.41) is 11.0. The minimum Gasteiger partial charge on any atom is -0.383 e. The number of nitro groups is 1. The number of pyridine rings is 1. The maximum absolute atomic E-state index is 14.3. The molecular formula is C21H16FN3O3. The average Bonchev–Trinajstić information content (AvgIpc) is 2.68. The number of Topliss-reactive ketones (excluding diaryl/α,β-unsaturated/α-hetero) is 1. The zero-order valence-electron chi connectivity index (χ0n) is 14.8. The van der Waals surface area contributed by atoms with Crippen molar-refractivity contribution in [2.75, 3.05) is 5.73 Å². The highest BCUT2D eigenvalue weighted by Crippen LogP contribution is 2.34. The standard InChI is InChI=1S/C21H16FN3O3/c22-19-7-5-15(25(27)28)10-17(19)14-9-18(21(23)24-11-14)13-4-6-16-12(8-13)2-1-3-20(16)26/h4-11H,1-3H2,(H2,23,24). The normalized spacial score (nSPS) is 13.2. The van der Waals surface area contributed by atoms with E-state index in [2.05, 4.69) is 4.98 Å². The third-order valence-electron chi connectivity index (χ3n) is 4.96. The van der Waals surface area contributed by atoms with E-state index in [-0.39, 0.29) is 22.9 Å². The maximum atomic E-state index is 14.3. The molecule has 0 atom stereocenters. The Balaban J connectivity index is 1.82. The summed E-state index contributed by atoms with van der Waals surface area (Å²) in [6.45, 7) is 0. The fraction of sp³-hybridized carbons (Fsp3) is 0.143. The fourth-order valence-corrected chi connectivity index (χ4v) is 3.52. The van der Waals surface area contributed by atoms with Gasteiger partial charge in [0.25, 0.3) is 5.69 Å². The minimum absolute atomic E-state index is 0.0797. The van der Waals surface area contributed by atoms with E-state index < -0.39 is 10.7 Å². The Morgan fingerprint density at radius 2 is 1.82 bits per heavy atom. The van der Waals surface area contributed by atoms with Gasteiger partial charge in [0.15, 0.2) is 5.78 Å². The average molecular weight is 377 g/mol. The van der Waals surface area contributed by atoms with Crippen LogP contribution in [0.4, 0.5) is 15.9 Å². The highest BCUT2D eigenvalue weighted by molar-refractivity contribution is 5.99. The molecule has 0 bridgehead atoms. The second-order valence-corrected chi connectivity index (χ2v) is 6.73. The van der Waals surface area contributed by atoms with Crippen molar-refractivity contribution in [3.05, 3.63) is 75.7 Å². The van der Waals surface area contributed by atoms with Crippen LogP contribution >= 0.6 is 0 Å². The molecule has 6 nitrogen and oxygen atoms in total. The Morgan fingerprint density at radius 1 is 1.00 bits per heavy atom. The van der Waals surface area contributed by atoms with E-state index in [4.69, 9.17) is 5.73 Å². The first-order chi connectivity index (χ1) is 13.4. The van der Waals surface area contributed by atoms with Crippen LogP contribution in [0, 0.1) is 15.9 Å². The van der Waals surface area contributed by atoms with Crippen molar-refractivity contribution in [2.24, 2.45) is 0 Å². The summed E-state index contributed by atoms with van der Waals surface area (Å²) in [5.74, 6) is -0.192. The predicted molar refractivity (Wildman–Crippen MR) is 103 cm³/mol. The first kappa shape index (κ1) is 17.8. The molecule has 1 aliphatic rings. The van der Waals surface area contributed by atoms with Gasteiger partial charge in [0.2, 0.25) is 0 Å². The predicted octanol–water partition coefficient (Wildman–Crippen LogP) is 4.56. The molecule has 28 heavy (non-hydrogen) atoms. The van der Waals surface area contributed by atoms with E-state index in [0.717, 1.165) is 41.7 Å². The number of hydrogen-bond donors (Lipinski definition) is 1. The van der Waals surface area contributed by atoms with Crippen molar-refractivity contribution in [3.63, 3.8) is 0 Å². The fourth-order valence-electron chi connectivity index (χ4n) is 3.52. The Morgan fingerprint density at radius 3 is 2.61 bits per heavy atom. The summed E-state index contributed by atoms with van der Waals surface area (Å²) >= 11 is 0. The molecule has 2 aromatic carbocycles. The molecular weight excluding hydrogens is 361 g/mol. The van der Waals surface area contributed by atoms with Crippen LogP contribution in [0.2, 0.25) is 0 Å². The van der Waals surface area contributed by atoms with Gasteiger partial charge in [0.1, 0.15) is 11.6 Å². The van der Waals surface area contributed by atoms with E-state index in [0.29, 0.717) is 17.5 Å². The minimum atomic E-state index is -0.584. The van der Waals surface area contributed by atoms with Crippen molar-refractivity contribution in [2.45, 2.75) is 19.3 Å². The van der Waals surface area contributed by atoms with E-state index in [1.165, 1.54) is 12.3 Å². The number of nitrogen functional groups attached to an aromatic ring is 1. The van der Waals surface area contributed by atoms with Crippen LogP contribution < -0.4 is 5.73 Å². The molecule has 0 amide bonds. The topological polar surface area (TPSA) is 99.1 Å². The lowest BCUT2D eigenvalue weighted by molar-refractivity contribution is -0.384. The molecule has 3 aromatic rings. The first-order valence-electron chi connectivity index (χ1n) is 8.80. The summed E-state index contributed by atoms with van der Waals surface area (Å²) in [6, 6.07) is 10.5. The molecule has 7 heteroatoms. The molecule has 1 aromatic heterocycles. The van der Waals surface area contributed by atoms with Crippen LogP contribution in [-0.2, 0) is 6.42 Å². The van der Waals surface area contributed by atoms with Gasteiger partial charge in [-0.3, -0.25) is 14.9 Å². The number of anilines is 1. The molecule has 140 valence electrons. The Kier molecular flexibility index (Phi) is 4.35. The molecule has 0 saturated heterocycles. The first-order valence-corrected chi connectivity index (χ1v) is 8.80. The number of hydrogen-bond acceptors (Lipinski definition) is 5. The Hall–Kier alpha value is -3.61. The second kappa shape index (κ2) is 6.84. The summed E-state index contributed by atoms with van der Waals surface area (Å²) in [6.07, 6.45) is 3.56. The molecule has 0 spiro atoms. The molecule has 0 unspecified atom stereocenters. The number of carbonyl (C=O) groups excluding carboxylic acids is 1. The molecule has 0 radical (unpaired) electrons. The smallest absolute Gasteiger partial charge is 0.270 e. The summed E-state index contributed by atoms with van der Waals surface area (Å²) in [7, 11) is 0. The van der Waals surface area contributed by atoms with Gasteiger partial charge in [-0.2, -0.15) is 0 Å². The maximum Gasteiger partial charge on any atom is 0.270 e. The molecule has 2 N–H and O–H groups in total. The number of aryl methyl sites for hydroxylation is 1. The van der Waals surface area contributed by atoms with Crippen LogP contribution in [0.3, 0.4) is 0 Å². The molecule has 4 rings (SSSR count). The summed E-state index contributed by atoms with van der Waals surface area (Å²) in [4.78, 5) is 26.6. The molecule has 0 aliphatic heterocycles. The van der Waals surface area contributed by atoms with Crippen molar-refractivity contribution < 1.29 is 14.1 Å². The largest absolute Gasteiger partial charge is 0.383 e. The van der Waals surface area contributed by atoms with Crippen LogP contribution in [0.5, 0.6) is 0 Å². The highest BCUT2D eigenvalue weighted by Gasteiger charge is 2.19. The van der Waals surface area contributed by atoms with Crippen LogP contribution in [-0.4, -0.2) is 15.7 Å². The quantitative estimate of drug-likeness (QED) is 0.533. The van der Waals surface area contributed by atoms with E-state index >= 15 is 0 Å². The number of non-ortho nitro benzene ring substituents is 1. The van der Waals surface area contributed by atoms with Crippen molar-refractivity contribution in [1.29, 1.82) is 0 Å². The Labute approximate surface area is 160 Å². The third kappa shape index (κ3) is 3.11. The number of fused-ring (bicyclic) bond motifs is 1. The highest BCUT2D eigenvalue weighted by atomic mass is 19.1. The van der Waals surface area contributed by atoms with Gasteiger partial charge in [0, 0.05) is 47.0 Å². The summed E-state index contributed by atoms with van der Waals surface area (Å²) in [5.41, 5.74) is 9.34. The van der Waals surface area contributed by atoms with Gasteiger partial charge in [-0.1, -0.05) is 18.2 Å². The second-order valence-electron chi connectivity index (χ2n) is 6.73. The van der Waals surface area contributed by atoms with Gasteiger partial charge in [-0.25, -0.2) is 9.37 Å². The van der Waals surface area contributed by atoms with E-state index in [1.54, 1.807) is 18.2 Å². The summed E-state index contributed by atoms with van der Waals surface area (Å²) < 4.78 is 14.3. The van der Waals surface area contributed by atoms with Gasteiger partial charge in [0.05, 0.1) is 4.92 Å². The van der Waals surface area contributed by atoms with E-state index in [9.17, 15) is 19.3 Å². The van der Waals surface area contributed by atoms with Crippen LogP contribution in [0.1, 0.15) is 28.8 Å². The number of benzene rings is 2. The number of rotatable bonds is 3. The number of nitrogens with two attached hydrogens (primary N) is 1. The van der Waals surface area contributed by atoms with Crippen molar-refractivity contribution >= 4 is 17.3 Å². The van der Waals surface area contributed by atoms with E-state index in [1.807, 2.05) is 6.07 Å². The number of nitrogens with zero attached hydrogens (tertiary/aromatic N) is 2. The zero-order valence-corrected chi connectivity index (χ0v) is 14.8. The number of aromatic nitrogens is 1. The third-order valence-corrected chi connectivity index (χ3v) is 4.96. The molecule has 1 heterocycles. The van der Waals surface area contributed by atoms with Gasteiger partial charge in [-0.15, -0.1) is 0 Å². The van der Waals surface area contributed by atoms with Crippen LogP contribution in [0.15, 0.2) is 48.7 Å². The van der Waals surface area contributed by atoms with Crippen molar-refractivity contribution in [3.8, 4) is 22.3 Å². The lowest BCUT2D eigenvalue weighted by atomic mass is 9.88. The number of carbonyl (C=O) groups is 1. The van der Waals surface area contributed by atoms with Gasteiger partial charge in [-0.05, 0) is 36.1 Å². The molecule has 0 saturated carbocycles. The lowest BCUT2D eigenvalue weighted by Crippen LogP contribution is -2.10. The SMILES string of the molecule is Nc1ncc(-c2cc([N+](=O)[O-])ccc2F)cc1-c1ccc2c(c1)CCCC2=O. The molecule has 0 fully saturated rings. The monoisotopic (exact) mass is 377 g/mol. The number of nitro benzene ring substituents is 1. The van der Waals surface area contributed by atoms with Crippen molar-refractivity contribution in [1.82, 2.24) is 4.98 Å². The van der Waals surface area contributed by atoms with Crippen LogP contribution in [0.25, 0.3) is 22.3 Å². The number of halogens is 1. The zero-order chi connectivity index (χ0) is 19.8. The molecule has 1 aliphatic carbocycles. The van der Waals surface area contributed by atoms with Gasteiger partial charge < -0.3 is 5.73 Å². The lowest BCUT2D eigenvalue weighted by Gasteiger charge is -2.16. The Bertz CT molecular complexity index is 1130.